The summed E-state index contributed by atoms with van der Waals surface area (Å²) < 4.78 is 1.33. The Morgan fingerprint density at radius 1 is 1.62 bits per heavy atom. The fourth-order valence-electron chi connectivity index (χ4n) is 1.59. The van der Waals surface area contributed by atoms with Crippen molar-refractivity contribution in [1.29, 1.82) is 5.26 Å². The molecule has 0 aliphatic heterocycles. The topological polar surface area (TPSA) is 118 Å². The van der Waals surface area contributed by atoms with Crippen molar-refractivity contribution in [2.24, 2.45) is 10.7 Å². The Labute approximate surface area is 134 Å². The lowest BCUT2D eigenvalue weighted by Gasteiger charge is -2.03. The van der Waals surface area contributed by atoms with Crippen molar-refractivity contribution in [1.82, 2.24) is 14.6 Å². The molecule has 0 radical (unpaired) electrons. The first kappa shape index (κ1) is 15.3. The van der Waals surface area contributed by atoms with Crippen molar-refractivity contribution >= 4 is 51.0 Å². The number of nitrogens with two attached hydrogens (primary N) is 2. The van der Waals surface area contributed by atoms with E-state index < -0.39 is 0 Å². The molecular formula is C12H11BrClN7. The van der Waals surface area contributed by atoms with Crippen LogP contribution in [0.5, 0.6) is 0 Å². The van der Waals surface area contributed by atoms with Gasteiger partial charge in [0, 0.05) is 17.2 Å². The fourth-order valence-corrected chi connectivity index (χ4v) is 1.93. The van der Waals surface area contributed by atoms with E-state index in [4.69, 9.17) is 23.1 Å². The second-order valence-electron chi connectivity index (χ2n) is 4.10. The van der Waals surface area contributed by atoms with Crippen LogP contribution in [0.4, 0.5) is 11.6 Å². The minimum atomic E-state index is 0.128. The molecule has 0 unspecified atom stereocenters. The summed E-state index contributed by atoms with van der Waals surface area (Å²) in [4.78, 5) is 8.35. The molecule has 0 saturated carbocycles. The van der Waals surface area contributed by atoms with Crippen molar-refractivity contribution in [2.75, 3.05) is 11.1 Å². The Morgan fingerprint density at radius 2 is 2.33 bits per heavy atom. The zero-order valence-corrected chi connectivity index (χ0v) is 13.4. The summed E-state index contributed by atoms with van der Waals surface area (Å²) >= 11 is 9.33. The number of alkyl halides is 1. The molecule has 0 aliphatic carbocycles. The van der Waals surface area contributed by atoms with Crippen LogP contribution in [0.1, 0.15) is 11.3 Å². The molecule has 0 bridgehead atoms. The predicted molar refractivity (Wildman–Crippen MR) is 86.1 cm³/mol. The Morgan fingerprint density at radius 3 is 2.95 bits per heavy atom. The highest BCUT2D eigenvalue weighted by atomic mass is 79.9. The maximum Gasteiger partial charge on any atom is 0.178 e. The predicted octanol–water partition coefficient (Wildman–Crippen LogP) is 2.08. The summed E-state index contributed by atoms with van der Waals surface area (Å²) in [7, 11) is 0. The van der Waals surface area contributed by atoms with Crippen LogP contribution in [0, 0.1) is 18.3 Å². The number of aromatic nitrogens is 3. The highest BCUT2D eigenvalue weighted by Gasteiger charge is 2.17. The summed E-state index contributed by atoms with van der Waals surface area (Å²) in [6, 6.07) is 1.97. The average Bonchev–Trinajstić information content (AvgIpc) is 2.75. The molecule has 2 aromatic rings. The minimum Gasteiger partial charge on any atom is -0.401 e. The molecule has 21 heavy (non-hydrogen) atoms. The van der Waals surface area contributed by atoms with Crippen LogP contribution in [0.25, 0.3) is 5.65 Å². The molecule has 4 N–H and O–H groups in total. The van der Waals surface area contributed by atoms with E-state index in [2.05, 4.69) is 31.0 Å². The van der Waals surface area contributed by atoms with E-state index >= 15 is 0 Å². The lowest BCUT2D eigenvalue weighted by atomic mass is 10.3. The largest absolute Gasteiger partial charge is 0.401 e. The molecular weight excluding hydrogens is 358 g/mol. The van der Waals surface area contributed by atoms with Gasteiger partial charge in [-0.3, -0.25) is 0 Å². The molecule has 0 fully saturated rings. The highest BCUT2D eigenvalue weighted by molar-refractivity contribution is 9.09. The monoisotopic (exact) mass is 367 g/mol. The third kappa shape index (κ3) is 2.84. The van der Waals surface area contributed by atoms with Crippen molar-refractivity contribution in [3.8, 4) is 6.07 Å². The fraction of sp³-hybridized carbons (Fsp3) is 0.167. The molecule has 0 saturated heterocycles. The number of hydrogen-bond donors (Lipinski definition) is 2. The molecule has 108 valence electrons. The van der Waals surface area contributed by atoms with E-state index in [1.54, 1.807) is 13.0 Å². The smallest absolute Gasteiger partial charge is 0.178 e. The second kappa shape index (κ2) is 6.11. The van der Waals surface area contributed by atoms with Crippen LogP contribution in [0.3, 0.4) is 0 Å². The van der Waals surface area contributed by atoms with Gasteiger partial charge in [0.25, 0.3) is 0 Å². The van der Waals surface area contributed by atoms with Crippen LogP contribution in [-0.4, -0.2) is 26.1 Å². The van der Waals surface area contributed by atoms with E-state index in [1.165, 1.54) is 10.7 Å². The SMILES string of the molecule is Cc1nn2c(N)c(C#N)c(N=CC=C(N)CBr)nc2c1Cl. The van der Waals surface area contributed by atoms with Crippen molar-refractivity contribution < 1.29 is 0 Å². The maximum atomic E-state index is 9.22. The van der Waals surface area contributed by atoms with Gasteiger partial charge in [-0.05, 0) is 13.0 Å². The lowest BCUT2D eigenvalue weighted by Crippen LogP contribution is -2.04. The Kier molecular flexibility index (Phi) is 4.45. The van der Waals surface area contributed by atoms with Crippen molar-refractivity contribution in [3.05, 3.63) is 28.1 Å². The highest BCUT2D eigenvalue weighted by Crippen LogP contribution is 2.28. The van der Waals surface area contributed by atoms with Crippen LogP contribution in [0.2, 0.25) is 5.02 Å². The van der Waals surface area contributed by atoms with Gasteiger partial charge in [-0.1, -0.05) is 27.5 Å². The minimum absolute atomic E-state index is 0.128. The molecule has 0 spiro atoms. The maximum absolute atomic E-state index is 9.22. The van der Waals surface area contributed by atoms with Gasteiger partial charge in [0.2, 0.25) is 0 Å². The quantitative estimate of drug-likeness (QED) is 0.635. The van der Waals surface area contributed by atoms with E-state index in [9.17, 15) is 5.26 Å². The van der Waals surface area contributed by atoms with Gasteiger partial charge in [0.05, 0.1) is 5.69 Å². The first-order chi connectivity index (χ1) is 9.99. The average molecular weight is 369 g/mol. The lowest BCUT2D eigenvalue weighted by molar-refractivity contribution is 0.925. The van der Waals surface area contributed by atoms with Gasteiger partial charge >= 0.3 is 0 Å². The normalized spacial score (nSPS) is 12.2. The second-order valence-corrected chi connectivity index (χ2v) is 5.03. The molecule has 2 rings (SSSR count). The van der Waals surface area contributed by atoms with E-state index in [0.717, 1.165) is 0 Å². The van der Waals surface area contributed by atoms with Crippen LogP contribution < -0.4 is 11.5 Å². The van der Waals surface area contributed by atoms with Gasteiger partial charge in [-0.25, -0.2) is 9.98 Å². The van der Waals surface area contributed by atoms with Crippen LogP contribution in [-0.2, 0) is 0 Å². The number of aryl methyl sites for hydroxylation is 1. The Hall–Kier alpha value is -2.11. The molecule has 9 heteroatoms. The zero-order chi connectivity index (χ0) is 15.6. The van der Waals surface area contributed by atoms with Gasteiger partial charge in [-0.2, -0.15) is 14.9 Å². The molecule has 0 amide bonds. The van der Waals surface area contributed by atoms with Crippen LogP contribution in [0.15, 0.2) is 16.8 Å². The number of hydrogen-bond acceptors (Lipinski definition) is 6. The third-order valence-electron chi connectivity index (χ3n) is 2.64. The number of allylic oxidation sites excluding steroid dienone is 2. The molecule has 0 aromatic carbocycles. The van der Waals surface area contributed by atoms with Crippen LogP contribution >= 0.6 is 27.5 Å². The first-order valence-electron chi connectivity index (χ1n) is 5.78. The van der Waals surface area contributed by atoms with Gasteiger partial charge in [0.15, 0.2) is 11.5 Å². The molecule has 7 nitrogen and oxygen atoms in total. The first-order valence-corrected chi connectivity index (χ1v) is 7.28. The van der Waals surface area contributed by atoms with E-state index in [-0.39, 0.29) is 17.2 Å². The summed E-state index contributed by atoms with van der Waals surface area (Å²) in [6.07, 6.45) is 3.05. The van der Waals surface area contributed by atoms with Crippen molar-refractivity contribution in [2.45, 2.75) is 6.92 Å². The number of halogens is 2. The van der Waals surface area contributed by atoms with Gasteiger partial charge < -0.3 is 11.5 Å². The number of rotatable bonds is 3. The molecule has 2 heterocycles. The summed E-state index contributed by atoms with van der Waals surface area (Å²) in [5.41, 5.74) is 13.2. The Bertz CT molecular complexity index is 800. The third-order valence-corrected chi connectivity index (χ3v) is 3.73. The summed E-state index contributed by atoms with van der Waals surface area (Å²) in [5.74, 6) is 0.310. The number of nitrogen functional groups attached to an aromatic ring is 1. The molecule has 0 aliphatic rings. The number of fused-ring (bicyclic) bond motifs is 1. The molecule has 2 aromatic heterocycles. The number of nitriles is 1. The standard InChI is InChI=1S/C12H11BrClN7/c1-6-9(14)12-19-11(18-3-2-7(16)4-13)8(5-15)10(17)21(12)20-6/h2-3H,4,16-17H2,1H3. The van der Waals surface area contributed by atoms with Crippen molar-refractivity contribution in [3.63, 3.8) is 0 Å². The van der Waals surface area contributed by atoms with Gasteiger partial charge in [0.1, 0.15) is 22.5 Å². The summed E-state index contributed by atoms with van der Waals surface area (Å²) in [5, 5.41) is 14.3. The molecule has 0 atom stereocenters. The Balaban J connectivity index is 2.63. The zero-order valence-electron chi connectivity index (χ0n) is 11.0. The number of nitrogens with zero attached hydrogens (tertiary/aromatic N) is 5. The number of aliphatic imine (C=N–C) groups is 1. The van der Waals surface area contributed by atoms with Gasteiger partial charge in [-0.15, -0.1) is 0 Å². The van der Waals surface area contributed by atoms with E-state index in [0.29, 0.717) is 27.4 Å². The van der Waals surface area contributed by atoms with E-state index in [1.807, 2.05) is 6.07 Å². The number of anilines is 1. The summed E-state index contributed by atoms with van der Waals surface area (Å²) in [6.45, 7) is 1.73.